The number of esters is 1. The summed E-state index contributed by atoms with van der Waals surface area (Å²) in [4.78, 5) is 10.6. The van der Waals surface area contributed by atoms with Gasteiger partial charge in [0, 0.05) is 11.9 Å². The normalized spacial score (nSPS) is 10.6. The Balaban J connectivity index is 2.76. The van der Waals surface area contributed by atoms with Gasteiger partial charge >= 0.3 is 5.97 Å². The molecule has 5 nitrogen and oxygen atoms in total. The van der Waals surface area contributed by atoms with Crippen molar-refractivity contribution in [2.24, 2.45) is 5.16 Å². The topological polar surface area (TPSA) is 68.1 Å². The minimum atomic E-state index is -0.389. The van der Waals surface area contributed by atoms with E-state index >= 15 is 0 Å². The average molecular weight is 292 g/mol. The van der Waals surface area contributed by atoms with E-state index in [0.29, 0.717) is 21.4 Å². The molecule has 0 bridgehead atoms. The molecule has 1 aromatic carbocycles. The fourth-order valence-corrected chi connectivity index (χ4v) is 1.72. The van der Waals surface area contributed by atoms with Crippen LogP contribution in [0.3, 0.4) is 0 Å². The van der Waals surface area contributed by atoms with Crippen LogP contribution in [0.1, 0.15) is 12.5 Å². The zero-order valence-electron chi connectivity index (χ0n) is 9.52. The number of halogens is 2. The maximum atomic E-state index is 10.6. The molecule has 0 amide bonds. The monoisotopic (exact) mass is 291 g/mol. The Morgan fingerprint density at radius 1 is 1.44 bits per heavy atom. The highest BCUT2D eigenvalue weighted by Crippen LogP contribution is 2.29. The van der Waals surface area contributed by atoms with Crippen molar-refractivity contribution >= 4 is 35.4 Å². The standard InChI is InChI=1S/C11H11Cl2NO4/c1-7(15)17-2-3-18-11-5-8(12)4-10(13)9(11)6-14-16/h4-6,16H,2-3H2,1H3. The molecule has 0 unspecified atom stereocenters. The molecule has 1 aromatic rings. The lowest BCUT2D eigenvalue weighted by Crippen LogP contribution is -2.10. The number of hydrogen-bond acceptors (Lipinski definition) is 5. The van der Waals surface area contributed by atoms with Gasteiger partial charge in [0.05, 0.1) is 16.8 Å². The minimum Gasteiger partial charge on any atom is -0.489 e. The number of nitrogens with zero attached hydrogens (tertiary/aromatic N) is 1. The third-order valence-corrected chi connectivity index (χ3v) is 2.42. The Kier molecular flexibility index (Phi) is 5.74. The Bertz CT molecular complexity index is 463. The summed E-state index contributed by atoms with van der Waals surface area (Å²) in [5.74, 6) is -0.0441. The van der Waals surface area contributed by atoms with Crippen LogP contribution in [0.15, 0.2) is 17.3 Å². The predicted molar refractivity (Wildman–Crippen MR) is 68.0 cm³/mol. The molecule has 0 spiro atoms. The van der Waals surface area contributed by atoms with Crippen LogP contribution in [0.2, 0.25) is 10.0 Å². The molecule has 0 saturated carbocycles. The Morgan fingerprint density at radius 2 is 2.17 bits per heavy atom. The molecule has 0 radical (unpaired) electrons. The third kappa shape index (κ3) is 4.43. The van der Waals surface area contributed by atoms with Crippen molar-refractivity contribution in [2.75, 3.05) is 13.2 Å². The second-order valence-corrected chi connectivity index (χ2v) is 4.08. The van der Waals surface area contributed by atoms with Gasteiger partial charge in [-0.2, -0.15) is 0 Å². The highest BCUT2D eigenvalue weighted by Gasteiger charge is 2.09. The molecule has 0 aliphatic carbocycles. The first kappa shape index (κ1) is 14.6. The molecule has 0 aliphatic rings. The molecule has 18 heavy (non-hydrogen) atoms. The number of benzene rings is 1. The molecule has 1 rings (SSSR count). The van der Waals surface area contributed by atoms with Gasteiger partial charge in [0.25, 0.3) is 0 Å². The lowest BCUT2D eigenvalue weighted by molar-refractivity contribution is -0.141. The summed E-state index contributed by atoms with van der Waals surface area (Å²) < 4.78 is 10.1. The van der Waals surface area contributed by atoms with E-state index in [2.05, 4.69) is 5.16 Å². The number of oxime groups is 1. The van der Waals surface area contributed by atoms with Gasteiger partial charge in [0.2, 0.25) is 0 Å². The first-order chi connectivity index (χ1) is 8.54. The molecule has 98 valence electrons. The van der Waals surface area contributed by atoms with Crippen LogP contribution >= 0.6 is 23.2 Å². The minimum absolute atomic E-state index is 0.106. The molecule has 0 heterocycles. The maximum absolute atomic E-state index is 10.6. The highest BCUT2D eigenvalue weighted by molar-refractivity contribution is 6.36. The van der Waals surface area contributed by atoms with Crippen molar-refractivity contribution in [2.45, 2.75) is 6.92 Å². The number of ether oxygens (including phenoxy) is 2. The van der Waals surface area contributed by atoms with Crippen molar-refractivity contribution in [3.63, 3.8) is 0 Å². The van der Waals surface area contributed by atoms with Gasteiger partial charge in [-0.25, -0.2) is 0 Å². The molecular weight excluding hydrogens is 281 g/mol. The van der Waals surface area contributed by atoms with E-state index < -0.39 is 0 Å². The first-order valence-electron chi connectivity index (χ1n) is 4.97. The van der Waals surface area contributed by atoms with E-state index in [9.17, 15) is 4.79 Å². The molecule has 7 heteroatoms. The Morgan fingerprint density at radius 3 is 2.78 bits per heavy atom. The number of carbonyl (C=O) groups excluding carboxylic acids is 1. The highest BCUT2D eigenvalue weighted by atomic mass is 35.5. The van der Waals surface area contributed by atoms with Gasteiger partial charge in [-0.05, 0) is 12.1 Å². The Labute approximate surface area is 114 Å². The van der Waals surface area contributed by atoms with Crippen LogP contribution in [-0.2, 0) is 9.53 Å². The van der Waals surface area contributed by atoms with Gasteiger partial charge in [-0.15, -0.1) is 0 Å². The number of rotatable bonds is 5. The van der Waals surface area contributed by atoms with Crippen LogP contribution in [0.5, 0.6) is 5.75 Å². The van der Waals surface area contributed by atoms with Gasteiger partial charge < -0.3 is 14.7 Å². The molecular formula is C11H11Cl2NO4. The van der Waals surface area contributed by atoms with Crippen molar-refractivity contribution in [1.29, 1.82) is 0 Å². The third-order valence-electron chi connectivity index (χ3n) is 1.89. The average Bonchev–Trinajstić information content (AvgIpc) is 2.28. The second-order valence-electron chi connectivity index (χ2n) is 3.23. The van der Waals surface area contributed by atoms with Crippen molar-refractivity contribution < 1.29 is 19.5 Å². The number of carbonyl (C=O) groups is 1. The summed E-state index contributed by atoms with van der Waals surface area (Å²) in [5.41, 5.74) is 0.395. The molecule has 0 atom stereocenters. The fourth-order valence-electron chi connectivity index (χ4n) is 1.20. The van der Waals surface area contributed by atoms with Gasteiger partial charge in [0.1, 0.15) is 19.0 Å². The van der Waals surface area contributed by atoms with Gasteiger partial charge in [-0.1, -0.05) is 28.4 Å². The van der Waals surface area contributed by atoms with E-state index in [1.54, 1.807) is 0 Å². The van der Waals surface area contributed by atoms with E-state index in [0.717, 1.165) is 6.21 Å². The van der Waals surface area contributed by atoms with E-state index in [1.165, 1.54) is 19.1 Å². The van der Waals surface area contributed by atoms with Gasteiger partial charge in [-0.3, -0.25) is 4.79 Å². The number of hydrogen-bond donors (Lipinski definition) is 1. The van der Waals surface area contributed by atoms with E-state index in [-0.39, 0.29) is 19.2 Å². The smallest absolute Gasteiger partial charge is 0.302 e. The quantitative estimate of drug-likeness (QED) is 0.298. The summed E-state index contributed by atoms with van der Waals surface area (Å²) in [7, 11) is 0. The lowest BCUT2D eigenvalue weighted by atomic mass is 10.2. The summed E-state index contributed by atoms with van der Waals surface area (Å²) in [6.45, 7) is 1.55. The molecule has 0 aliphatic heterocycles. The maximum Gasteiger partial charge on any atom is 0.302 e. The van der Waals surface area contributed by atoms with Crippen LogP contribution in [0.4, 0.5) is 0 Å². The van der Waals surface area contributed by atoms with Crippen LogP contribution in [0.25, 0.3) is 0 Å². The Hall–Kier alpha value is -1.46. The zero-order chi connectivity index (χ0) is 13.5. The van der Waals surface area contributed by atoms with Crippen LogP contribution in [-0.4, -0.2) is 30.6 Å². The summed E-state index contributed by atoms with van der Waals surface area (Å²) in [5, 5.41) is 12.1. The summed E-state index contributed by atoms with van der Waals surface area (Å²) in [6.07, 6.45) is 1.14. The second kappa shape index (κ2) is 7.08. The van der Waals surface area contributed by atoms with Crippen LogP contribution in [0, 0.1) is 0 Å². The largest absolute Gasteiger partial charge is 0.489 e. The molecule has 0 aromatic heterocycles. The summed E-state index contributed by atoms with van der Waals surface area (Å²) >= 11 is 11.8. The van der Waals surface area contributed by atoms with Crippen LogP contribution < -0.4 is 4.74 Å². The molecule has 1 N–H and O–H groups in total. The predicted octanol–water partition coefficient (Wildman–Crippen LogP) is 2.74. The van der Waals surface area contributed by atoms with E-state index in [1.807, 2.05) is 0 Å². The molecule has 0 fully saturated rings. The van der Waals surface area contributed by atoms with Crippen molar-refractivity contribution in [1.82, 2.24) is 0 Å². The fraction of sp³-hybridized carbons (Fsp3) is 0.273. The SMILES string of the molecule is CC(=O)OCCOc1cc(Cl)cc(Cl)c1C=NO. The van der Waals surface area contributed by atoms with Gasteiger partial charge in [0.15, 0.2) is 0 Å². The molecule has 0 saturated heterocycles. The zero-order valence-corrected chi connectivity index (χ0v) is 11.0. The first-order valence-corrected chi connectivity index (χ1v) is 5.73. The summed E-state index contributed by atoms with van der Waals surface area (Å²) in [6, 6.07) is 3.03. The van der Waals surface area contributed by atoms with E-state index in [4.69, 9.17) is 37.9 Å². The van der Waals surface area contributed by atoms with Crippen molar-refractivity contribution in [3.05, 3.63) is 27.7 Å². The van der Waals surface area contributed by atoms with Crippen molar-refractivity contribution in [3.8, 4) is 5.75 Å². The lowest BCUT2D eigenvalue weighted by Gasteiger charge is -2.10.